The molecule has 1 N–H and O–H groups in total. The number of carbonyl (C=O) groups excluding carboxylic acids is 1. The summed E-state index contributed by atoms with van der Waals surface area (Å²) in [5.74, 6) is -0.277. The number of nitrogens with one attached hydrogen (secondary N) is 1. The van der Waals surface area contributed by atoms with Crippen LogP contribution in [0.5, 0.6) is 0 Å². The van der Waals surface area contributed by atoms with Gasteiger partial charge in [0.15, 0.2) is 0 Å². The molecule has 0 bridgehead atoms. The van der Waals surface area contributed by atoms with Gasteiger partial charge < -0.3 is 15.1 Å². The number of halogens is 1. The zero-order valence-electron chi connectivity index (χ0n) is 15.7. The van der Waals surface area contributed by atoms with Gasteiger partial charge in [0.25, 0.3) is 0 Å². The number of piperidine rings is 1. The van der Waals surface area contributed by atoms with E-state index in [1.165, 1.54) is 18.5 Å². The Morgan fingerprint density at radius 3 is 2.74 bits per heavy atom. The average Bonchev–Trinajstić information content (AvgIpc) is 2.59. The van der Waals surface area contributed by atoms with Crippen molar-refractivity contribution in [2.45, 2.75) is 19.4 Å². The second kappa shape index (κ2) is 7.84. The molecule has 2 unspecified atom stereocenters. The lowest BCUT2D eigenvalue weighted by molar-refractivity contribution is -0.122. The highest BCUT2D eigenvalue weighted by atomic mass is 19.1. The first-order valence-electron chi connectivity index (χ1n) is 8.91. The van der Waals surface area contributed by atoms with E-state index in [0.29, 0.717) is 36.4 Å². The van der Waals surface area contributed by atoms with Gasteiger partial charge in [-0.2, -0.15) is 5.26 Å². The first kappa shape index (κ1) is 19.0. The van der Waals surface area contributed by atoms with Gasteiger partial charge in [0, 0.05) is 31.5 Å². The molecule has 0 saturated carbocycles. The quantitative estimate of drug-likeness (QED) is 0.879. The van der Waals surface area contributed by atoms with Crippen molar-refractivity contribution in [1.29, 1.82) is 5.26 Å². The molecule has 8 heteroatoms. The standard InChI is InChI=1S/C19H23FN6O/c1-12-6-14(24-16(27)11-25(2)3)10-26(9-12)19-15(20)7-13(8-21)17-18(19)23-5-4-22-17/h4-5,7,12,14H,6,9-11H2,1-3H3,(H,24,27). The molecular formula is C19H23FN6O. The van der Waals surface area contributed by atoms with E-state index in [9.17, 15) is 14.4 Å². The zero-order chi connectivity index (χ0) is 19.6. The number of benzene rings is 1. The van der Waals surface area contributed by atoms with Crippen molar-refractivity contribution in [2.24, 2.45) is 5.92 Å². The summed E-state index contributed by atoms with van der Waals surface area (Å²) in [4.78, 5) is 24.3. The van der Waals surface area contributed by atoms with E-state index in [1.807, 2.05) is 30.0 Å². The fourth-order valence-electron chi connectivity index (χ4n) is 3.67. The highest BCUT2D eigenvalue weighted by Gasteiger charge is 2.29. The van der Waals surface area contributed by atoms with Gasteiger partial charge in [-0.3, -0.25) is 14.8 Å². The normalized spacial score (nSPS) is 19.9. The average molecular weight is 370 g/mol. The largest absolute Gasteiger partial charge is 0.365 e. The van der Waals surface area contributed by atoms with E-state index in [2.05, 4.69) is 22.2 Å². The maximum Gasteiger partial charge on any atom is 0.234 e. The lowest BCUT2D eigenvalue weighted by atomic mass is 9.95. The lowest BCUT2D eigenvalue weighted by Gasteiger charge is -2.38. The summed E-state index contributed by atoms with van der Waals surface area (Å²) in [7, 11) is 3.68. The number of fused-ring (bicyclic) bond motifs is 1. The summed E-state index contributed by atoms with van der Waals surface area (Å²) in [6, 6.07) is 3.11. The van der Waals surface area contributed by atoms with Crippen LogP contribution in [0.1, 0.15) is 18.9 Å². The van der Waals surface area contributed by atoms with Crippen LogP contribution in [0.15, 0.2) is 18.5 Å². The molecule has 27 heavy (non-hydrogen) atoms. The minimum absolute atomic E-state index is 0.0519. The lowest BCUT2D eigenvalue weighted by Crippen LogP contribution is -2.52. The molecule has 1 saturated heterocycles. The van der Waals surface area contributed by atoms with Crippen LogP contribution in [-0.4, -0.2) is 60.5 Å². The molecule has 7 nitrogen and oxygen atoms in total. The highest BCUT2D eigenvalue weighted by Crippen LogP contribution is 2.32. The summed E-state index contributed by atoms with van der Waals surface area (Å²) in [5, 5.41) is 12.3. The molecule has 2 aromatic rings. The van der Waals surface area contributed by atoms with Crippen molar-refractivity contribution in [2.75, 3.05) is 38.6 Å². The summed E-state index contributed by atoms with van der Waals surface area (Å²) in [5.41, 5.74) is 1.28. The second-order valence-electron chi connectivity index (χ2n) is 7.37. The first-order chi connectivity index (χ1) is 12.9. The molecule has 3 rings (SSSR count). The third-order valence-corrected chi connectivity index (χ3v) is 4.60. The SMILES string of the molecule is CC1CC(NC(=O)CN(C)C)CN(c2c(F)cc(C#N)c3nccnc23)C1. The number of anilines is 1. The Balaban J connectivity index is 1.93. The van der Waals surface area contributed by atoms with Gasteiger partial charge >= 0.3 is 0 Å². The Morgan fingerprint density at radius 1 is 1.37 bits per heavy atom. The maximum atomic E-state index is 14.9. The van der Waals surface area contributed by atoms with E-state index in [4.69, 9.17) is 0 Å². The highest BCUT2D eigenvalue weighted by molar-refractivity contribution is 5.92. The Bertz CT molecular complexity index is 894. The number of aromatic nitrogens is 2. The third kappa shape index (κ3) is 4.14. The molecule has 2 heterocycles. The molecule has 2 atom stereocenters. The predicted molar refractivity (Wildman–Crippen MR) is 101 cm³/mol. The molecule has 1 amide bonds. The van der Waals surface area contributed by atoms with Crippen LogP contribution in [0.4, 0.5) is 10.1 Å². The summed E-state index contributed by atoms with van der Waals surface area (Å²) >= 11 is 0. The molecule has 1 aliphatic rings. The van der Waals surface area contributed by atoms with Crippen LogP contribution in [0, 0.1) is 23.1 Å². The number of nitrogens with zero attached hydrogens (tertiary/aromatic N) is 5. The second-order valence-corrected chi connectivity index (χ2v) is 7.37. The van der Waals surface area contributed by atoms with Crippen LogP contribution < -0.4 is 10.2 Å². The number of carbonyl (C=O) groups is 1. The van der Waals surface area contributed by atoms with Crippen LogP contribution in [-0.2, 0) is 4.79 Å². The van der Waals surface area contributed by atoms with Crippen LogP contribution >= 0.6 is 0 Å². The molecule has 0 radical (unpaired) electrons. The monoisotopic (exact) mass is 370 g/mol. The van der Waals surface area contributed by atoms with E-state index in [0.717, 1.165) is 6.42 Å². The number of nitriles is 1. The molecule has 1 aromatic carbocycles. The van der Waals surface area contributed by atoms with Crippen molar-refractivity contribution in [3.63, 3.8) is 0 Å². The summed E-state index contributed by atoms with van der Waals surface area (Å²) in [6.07, 6.45) is 3.82. The Hall–Kier alpha value is -2.79. The van der Waals surface area contributed by atoms with Crippen molar-refractivity contribution in [1.82, 2.24) is 20.2 Å². The smallest absolute Gasteiger partial charge is 0.234 e. The van der Waals surface area contributed by atoms with Gasteiger partial charge in [-0.25, -0.2) is 4.39 Å². The van der Waals surface area contributed by atoms with Crippen LogP contribution in [0.3, 0.4) is 0 Å². The van der Waals surface area contributed by atoms with Crippen LogP contribution in [0.25, 0.3) is 11.0 Å². The fourth-order valence-corrected chi connectivity index (χ4v) is 3.67. The Morgan fingerprint density at radius 2 is 2.07 bits per heavy atom. The van der Waals surface area contributed by atoms with E-state index >= 15 is 0 Å². The van der Waals surface area contributed by atoms with Gasteiger partial charge in [0.2, 0.25) is 5.91 Å². The number of amides is 1. The Labute approximate surface area is 157 Å². The molecule has 1 aliphatic heterocycles. The molecular weight excluding hydrogens is 347 g/mol. The molecule has 1 aromatic heterocycles. The Kier molecular flexibility index (Phi) is 5.51. The van der Waals surface area contributed by atoms with Gasteiger partial charge in [-0.05, 0) is 32.5 Å². The zero-order valence-corrected chi connectivity index (χ0v) is 15.7. The number of hydrogen-bond acceptors (Lipinski definition) is 6. The number of hydrogen-bond donors (Lipinski definition) is 1. The van der Waals surface area contributed by atoms with Gasteiger partial charge in [0.05, 0.1) is 12.1 Å². The van der Waals surface area contributed by atoms with Crippen molar-refractivity contribution < 1.29 is 9.18 Å². The summed E-state index contributed by atoms with van der Waals surface area (Å²) in [6.45, 7) is 3.52. The van der Waals surface area contributed by atoms with Gasteiger partial charge in [-0.15, -0.1) is 0 Å². The minimum Gasteiger partial charge on any atom is -0.365 e. The molecule has 0 spiro atoms. The molecule has 142 valence electrons. The summed E-state index contributed by atoms with van der Waals surface area (Å²) < 4.78 is 14.9. The number of rotatable bonds is 4. The van der Waals surface area contributed by atoms with Crippen molar-refractivity contribution in [3.05, 3.63) is 29.8 Å². The molecule has 1 fully saturated rings. The van der Waals surface area contributed by atoms with Gasteiger partial charge in [-0.1, -0.05) is 6.92 Å². The van der Waals surface area contributed by atoms with E-state index in [1.54, 1.807) is 0 Å². The number of likely N-dealkylation sites (N-methyl/N-ethyl adjacent to an activating group) is 1. The topological polar surface area (TPSA) is 85.2 Å². The van der Waals surface area contributed by atoms with Crippen molar-refractivity contribution in [3.8, 4) is 6.07 Å². The molecule has 0 aliphatic carbocycles. The van der Waals surface area contributed by atoms with Crippen molar-refractivity contribution >= 4 is 22.6 Å². The van der Waals surface area contributed by atoms with Crippen LogP contribution in [0.2, 0.25) is 0 Å². The van der Waals surface area contributed by atoms with Gasteiger partial charge in [0.1, 0.15) is 28.6 Å². The van der Waals surface area contributed by atoms with E-state index < -0.39 is 5.82 Å². The van der Waals surface area contributed by atoms with E-state index in [-0.39, 0.29) is 23.4 Å². The minimum atomic E-state index is -0.494. The predicted octanol–water partition coefficient (Wildman–Crippen LogP) is 1.53. The maximum absolute atomic E-state index is 14.9. The first-order valence-corrected chi connectivity index (χ1v) is 8.91. The third-order valence-electron chi connectivity index (χ3n) is 4.60. The fraction of sp³-hybridized carbons (Fsp3) is 0.474.